The van der Waals surface area contributed by atoms with E-state index in [0.29, 0.717) is 12.3 Å². The highest BCUT2D eigenvalue weighted by atomic mass is 32.1. The molecule has 0 aromatic carbocycles. The van der Waals surface area contributed by atoms with Gasteiger partial charge in [-0.15, -0.1) is 11.3 Å². The van der Waals surface area contributed by atoms with Crippen molar-refractivity contribution < 1.29 is 9.34 Å². The minimum atomic E-state index is -0.528. The van der Waals surface area contributed by atoms with Crippen molar-refractivity contribution in [2.24, 2.45) is 0 Å². The van der Waals surface area contributed by atoms with E-state index in [1.54, 1.807) is 17.4 Å². The molecule has 0 aliphatic carbocycles. The summed E-state index contributed by atoms with van der Waals surface area (Å²) in [6, 6.07) is 7.36. The van der Waals surface area contributed by atoms with E-state index in [0.717, 1.165) is 6.42 Å². The van der Waals surface area contributed by atoms with E-state index in [1.165, 1.54) is 10.9 Å². The normalized spacial score (nSPS) is 12.5. The van der Waals surface area contributed by atoms with E-state index in [-0.39, 0.29) is 11.9 Å². The Morgan fingerprint density at radius 2 is 2.33 bits per heavy atom. The van der Waals surface area contributed by atoms with Gasteiger partial charge in [0.2, 0.25) is 0 Å². The largest absolute Gasteiger partial charge is 0.433 e. The molecule has 0 fully saturated rings. The molecular weight excluding hydrogens is 252 g/mol. The second kappa shape index (κ2) is 5.79. The fraction of sp³-hybridized carbons (Fsp3) is 0.333. The Bertz CT molecular complexity index is 507. The van der Waals surface area contributed by atoms with E-state index >= 15 is 0 Å². The number of nitro groups is 1. The quantitative estimate of drug-likeness (QED) is 0.642. The molecule has 1 atom stereocenters. The van der Waals surface area contributed by atoms with Crippen molar-refractivity contribution in [2.75, 3.05) is 0 Å². The highest BCUT2D eigenvalue weighted by Gasteiger charge is 2.14. The number of hydrogen-bond donors (Lipinski definition) is 1. The van der Waals surface area contributed by atoms with Gasteiger partial charge in [-0.3, -0.25) is 10.1 Å². The predicted molar refractivity (Wildman–Crippen MR) is 69.6 cm³/mol. The molecule has 0 spiro atoms. The SMILES string of the molecule is CCC(NCc1ccc([N+](=O)[O-])o1)c1cccs1. The second-order valence-corrected chi connectivity index (χ2v) is 4.83. The second-order valence-electron chi connectivity index (χ2n) is 3.85. The summed E-state index contributed by atoms with van der Waals surface area (Å²) in [6.07, 6.45) is 0.962. The number of furan rings is 1. The lowest BCUT2D eigenvalue weighted by Gasteiger charge is -2.13. The van der Waals surface area contributed by atoms with Crippen LogP contribution >= 0.6 is 11.3 Å². The molecule has 2 aromatic heterocycles. The Hall–Kier alpha value is -1.66. The maximum absolute atomic E-state index is 10.5. The lowest BCUT2D eigenvalue weighted by molar-refractivity contribution is -0.402. The smallest absolute Gasteiger partial charge is 0.404 e. The highest BCUT2D eigenvalue weighted by Crippen LogP contribution is 2.23. The molecule has 2 rings (SSSR count). The molecule has 0 saturated carbocycles. The summed E-state index contributed by atoms with van der Waals surface area (Å²) in [4.78, 5) is 11.2. The number of rotatable bonds is 6. The van der Waals surface area contributed by atoms with Crippen molar-refractivity contribution >= 4 is 17.2 Å². The first-order chi connectivity index (χ1) is 8.70. The van der Waals surface area contributed by atoms with Crippen LogP contribution in [-0.2, 0) is 6.54 Å². The van der Waals surface area contributed by atoms with Crippen molar-refractivity contribution in [3.05, 3.63) is 50.4 Å². The van der Waals surface area contributed by atoms with Gasteiger partial charge in [-0.1, -0.05) is 13.0 Å². The van der Waals surface area contributed by atoms with E-state index in [9.17, 15) is 10.1 Å². The molecule has 18 heavy (non-hydrogen) atoms. The average molecular weight is 266 g/mol. The molecule has 0 amide bonds. The summed E-state index contributed by atoms with van der Waals surface area (Å²) in [6.45, 7) is 2.59. The van der Waals surface area contributed by atoms with E-state index in [4.69, 9.17) is 4.42 Å². The van der Waals surface area contributed by atoms with Crippen LogP contribution < -0.4 is 5.32 Å². The number of hydrogen-bond acceptors (Lipinski definition) is 5. The average Bonchev–Trinajstić information content (AvgIpc) is 3.00. The summed E-state index contributed by atoms with van der Waals surface area (Å²) in [7, 11) is 0. The van der Waals surface area contributed by atoms with Gasteiger partial charge in [0, 0.05) is 10.9 Å². The van der Waals surface area contributed by atoms with Crippen molar-refractivity contribution in [3.63, 3.8) is 0 Å². The van der Waals surface area contributed by atoms with Crippen LogP contribution in [0.25, 0.3) is 0 Å². The van der Waals surface area contributed by atoms with Gasteiger partial charge >= 0.3 is 5.88 Å². The maximum atomic E-state index is 10.5. The number of nitrogens with one attached hydrogen (secondary N) is 1. The van der Waals surface area contributed by atoms with Crippen LogP contribution in [0.1, 0.15) is 30.0 Å². The molecule has 2 heterocycles. The zero-order chi connectivity index (χ0) is 13.0. The van der Waals surface area contributed by atoms with Crippen LogP contribution in [0.3, 0.4) is 0 Å². The van der Waals surface area contributed by atoms with Gasteiger partial charge < -0.3 is 9.73 Å². The van der Waals surface area contributed by atoms with Crippen molar-refractivity contribution in [2.45, 2.75) is 25.9 Å². The van der Waals surface area contributed by atoms with Crippen molar-refractivity contribution in [3.8, 4) is 0 Å². The number of thiophene rings is 1. The van der Waals surface area contributed by atoms with E-state index < -0.39 is 4.92 Å². The Labute approximate surface area is 109 Å². The molecule has 2 aromatic rings. The van der Waals surface area contributed by atoms with Gasteiger partial charge in [-0.25, -0.2) is 0 Å². The Morgan fingerprint density at radius 3 is 2.89 bits per heavy atom. The van der Waals surface area contributed by atoms with Crippen molar-refractivity contribution in [1.29, 1.82) is 0 Å². The first-order valence-electron chi connectivity index (χ1n) is 5.70. The monoisotopic (exact) mass is 266 g/mol. The molecule has 5 nitrogen and oxygen atoms in total. The first kappa shape index (κ1) is 12.8. The molecule has 0 aliphatic rings. The lowest BCUT2D eigenvalue weighted by atomic mass is 10.2. The molecule has 0 radical (unpaired) electrons. The molecule has 0 saturated heterocycles. The molecule has 6 heteroatoms. The van der Waals surface area contributed by atoms with Gasteiger partial charge in [0.05, 0.1) is 12.6 Å². The molecule has 0 aliphatic heterocycles. The van der Waals surface area contributed by atoms with Gasteiger partial charge in [0.1, 0.15) is 10.7 Å². The van der Waals surface area contributed by atoms with E-state index in [1.807, 2.05) is 11.4 Å². The zero-order valence-corrected chi connectivity index (χ0v) is 10.8. The predicted octanol–water partition coefficient (Wildman–Crippen LogP) is 3.49. The molecular formula is C12H14N2O3S. The van der Waals surface area contributed by atoms with Gasteiger partial charge in [-0.05, 0) is 23.9 Å². The molecule has 96 valence electrons. The Kier molecular flexibility index (Phi) is 4.11. The summed E-state index contributed by atoms with van der Waals surface area (Å²) < 4.78 is 5.10. The summed E-state index contributed by atoms with van der Waals surface area (Å²) in [5.74, 6) is 0.368. The third kappa shape index (κ3) is 2.96. The summed E-state index contributed by atoms with van der Waals surface area (Å²) in [5.41, 5.74) is 0. The molecule has 1 unspecified atom stereocenters. The topological polar surface area (TPSA) is 68.3 Å². The summed E-state index contributed by atoms with van der Waals surface area (Å²) in [5, 5.41) is 15.9. The summed E-state index contributed by atoms with van der Waals surface area (Å²) >= 11 is 1.70. The number of nitrogens with zero attached hydrogens (tertiary/aromatic N) is 1. The van der Waals surface area contributed by atoms with Crippen LogP contribution in [0, 0.1) is 10.1 Å². The van der Waals surface area contributed by atoms with Crippen LogP contribution in [0.5, 0.6) is 0 Å². The van der Waals surface area contributed by atoms with Gasteiger partial charge in [-0.2, -0.15) is 0 Å². The molecule has 0 bridgehead atoms. The maximum Gasteiger partial charge on any atom is 0.433 e. The molecule has 1 N–H and O–H groups in total. The fourth-order valence-corrected chi connectivity index (χ4v) is 2.60. The van der Waals surface area contributed by atoms with E-state index in [2.05, 4.69) is 18.3 Å². The minimum absolute atomic E-state index is 0.212. The highest BCUT2D eigenvalue weighted by molar-refractivity contribution is 7.10. The third-order valence-electron chi connectivity index (χ3n) is 2.64. The fourth-order valence-electron chi connectivity index (χ4n) is 1.72. The van der Waals surface area contributed by atoms with Gasteiger partial charge in [0.25, 0.3) is 0 Å². The standard InChI is InChI=1S/C12H14N2O3S/c1-2-10(11-4-3-7-18-11)13-8-9-5-6-12(17-9)14(15)16/h3-7,10,13H,2,8H2,1H3. The van der Waals surface area contributed by atoms with Gasteiger partial charge in [0.15, 0.2) is 0 Å². The zero-order valence-electron chi connectivity index (χ0n) is 9.96. The Morgan fingerprint density at radius 1 is 1.50 bits per heavy atom. The Balaban J connectivity index is 1.95. The van der Waals surface area contributed by atoms with Crippen LogP contribution in [0.15, 0.2) is 34.1 Å². The minimum Gasteiger partial charge on any atom is -0.404 e. The third-order valence-corrected chi connectivity index (χ3v) is 3.63. The van der Waals surface area contributed by atoms with Crippen molar-refractivity contribution in [1.82, 2.24) is 5.32 Å². The van der Waals surface area contributed by atoms with Crippen LogP contribution in [0.2, 0.25) is 0 Å². The lowest BCUT2D eigenvalue weighted by Crippen LogP contribution is -2.18. The first-order valence-corrected chi connectivity index (χ1v) is 6.58. The van der Waals surface area contributed by atoms with Crippen LogP contribution in [-0.4, -0.2) is 4.92 Å². The van der Waals surface area contributed by atoms with Crippen LogP contribution in [0.4, 0.5) is 5.88 Å².